The van der Waals surface area contributed by atoms with Gasteiger partial charge in [0, 0.05) is 25.0 Å². The molecule has 2 aliphatic carbocycles. The maximum Gasteiger partial charge on any atom is 0.439 e. The van der Waals surface area contributed by atoms with E-state index in [9.17, 15) is 4.79 Å². The molecule has 0 saturated heterocycles. The van der Waals surface area contributed by atoms with Gasteiger partial charge in [-0.25, -0.2) is 19.7 Å². The smallest absolute Gasteiger partial charge is 0.365 e. The fourth-order valence-corrected chi connectivity index (χ4v) is 5.35. The van der Waals surface area contributed by atoms with Crippen molar-refractivity contribution in [2.45, 2.75) is 71.4 Å². The van der Waals surface area contributed by atoms with Crippen molar-refractivity contribution in [3.63, 3.8) is 0 Å². The number of nitrogens with one attached hydrogen (secondary N) is 2. The van der Waals surface area contributed by atoms with E-state index in [2.05, 4.69) is 38.9 Å². The van der Waals surface area contributed by atoms with Crippen LogP contribution in [0.3, 0.4) is 0 Å². The number of fused-ring (bicyclic) bond motifs is 1. The van der Waals surface area contributed by atoms with Gasteiger partial charge in [-0.2, -0.15) is 4.98 Å². The second-order valence-electron chi connectivity index (χ2n) is 10.3. The van der Waals surface area contributed by atoms with Crippen LogP contribution in [-0.2, 0) is 6.54 Å². The lowest BCUT2D eigenvalue weighted by atomic mass is 9.80. The summed E-state index contributed by atoms with van der Waals surface area (Å²) in [6.45, 7) is 5.38. The maximum atomic E-state index is 11.6. The predicted octanol–water partition coefficient (Wildman–Crippen LogP) is 3.78. The Morgan fingerprint density at radius 2 is 2.00 bits per heavy atom. The second-order valence-corrected chi connectivity index (χ2v) is 10.3. The Morgan fingerprint density at radius 3 is 2.66 bits per heavy atom. The molecule has 0 aliphatic heterocycles. The number of rotatable bonds is 7. The van der Waals surface area contributed by atoms with E-state index >= 15 is 0 Å². The summed E-state index contributed by atoms with van der Waals surface area (Å²) in [5, 5.41) is 7.47. The quantitative estimate of drug-likeness (QED) is 0.411. The van der Waals surface area contributed by atoms with Crippen molar-refractivity contribution in [3.8, 4) is 17.6 Å². The Kier molecular flexibility index (Phi) is 5.62. The van der Waals surface area contributed by atoms with Gasteiger partial charge in [0.1, 0.15) is 11.8 Å². The average Bonchev–Trinajstić information content (AvgIpc) is 3.54. The van der Waals surface area contributed by atoms with Gasteiger partial charge in [0.25, 0.3) is 0 Å². The zero-order valence-corrected chi connectivity index (χ0v) is 20.1. The maximum absolute atomic E-state index is 11.6. The van der Waals surface area contributed by atoms with E-state index < -0.39 is 5.76 Å². The fraction of sp³-hybridized carbons (Fsp3) is 0.583. The summed E-state index contributed by atoms with van der Waals surface area (Å²) in [6.07, 6.45) is 14.0. The van der Waals surface area contributed by atoms with Gasteiger partial charge in [0.2, 0.25) is 17.6 Å². The van der Waals surface area contributed by atoms with E-state index in [0.717, 1.165) is 23.9 Å². The summed E-state index contributed by atoms with van der Waals surface area (Å²) in [5.74, 6) is 3.25. The standard InChI is InChI=1S/C24H31N9O2/c1-14-6-8-16(9-7-14)12-33-18-19(26-15(2)17-4-3-5-17)27-21(22-30-24(34)35-31-22)28-20(18)29-23(33)32-11-10-25-13-32/h10-11,13-17H,3-9,12H2,1-2H3,(H,26,27,28)(H,30,31,34)/t14-,15-,16-/m1/s1. The molecule has 11 nitrogen and oxygen atoms in total. The lowest BCUT2D eigenvalue weighted by Crippen LogP contribution is -2.31. The molecule has 2 N–H and O–H groups in total. The van der Waals surface area contributed by atoms with Crippen molar-refractivity contribution in [2.24, 2.45) is 17.8 Å². The largest absolute Gasteiger partial charge is 0.439 e. The highest BCUT2D eigenvalue weighted by molar-refractivity contribution is 5.86. The first kappa shape index (κ1) is 22.0. The van der Waals surface area contributed by atoms with Crippen molar-refractivity contribution in [3.05, 3.63) is 29.3 Å². The third-order valence-corrected chi connectivity index (χ3v) is 7.77. The molecule has 0 aromatic carbocycles. The highest BCUT2D eigenvalue weighted by Crippen LogP contribution is 2.35. The molecular weight excluding hydrogens is 446 g/mol. The van der Waals surface area contributed by atoms with E-state index in [1.165, 1.54) is 44.9 Å². The van der Waals surface area contributed by atoms with Crippen molar-refractivity contribution in [1.82, 2.24) is 39.2 Å². The van der Waals surface area contributed by atoms with E-state index in [0.29, 0.717) is 23.3 Å². The molecule has 4 aromatic heterocycles. The van der Waals surface area contributed by atoms with Crippen LogP contribution in [0.1, 0.15) is 58.8 Å². The first-order chi connectivity index (χ1) is 17.0. The molecule has 0 radical (unpaired) electrons. The van der Waals surface area contributed by atoms with Gasteiger partial charge in [-0.1, -0.05) is 31.3 Å². The van der Waals surface area contributed by atoms with Crippen molar-refractivity contribution in [2.75, 3.05) is 5.32 Å². The summed E-state index contributed by atoms with van der Waals surface area (Å²) in [6, 6.07) is 0.252. The van der Waals surface area contributed by atoms with Crippen LogP contribution in [0.5, 0.6) is 0 Å². The van der Waals surface area contributed by atoms with Crippen LogP contribution in [0.25, 0.3) is 28.8 Å². The summed E-state index contributed by atoms with van der Waals surface area (Å²) in [7, 11) is 0. The van der Waals surface area contributed by atoms with Gasteiger partial charge in [0.05, 0.1) is 0 Å². The Hall–Kier alpha value is -3.50. The molecule has 0 unspecified atom stereocenters. The predicted molar refractivity (Wildman–Crippen MR) is 130 cm³/mol. The van der Waals surface area contributed by atoms with Crippen LogP contribution < -0.4 is 11.1 Å². The number of hydrogen-bond donors (Lipinski definition) is 2. The van der Waals surface area contributed by atoms with Crippen LogP contribution >= 0.6 is 0 Å². The third-order valence-electron chi connectivity index (χ3n) is 7.77. The molecule has 2 saturated carbocycles. The molecule has 2 fully saturated rings. The Bertz CT molecular complexity index is 1360. The Labute approximate surface area is 202 Å². The van der Waals surface area contributed by atoms with E-state index in [-0.39, 0.29) is 17.7 Å². The SMILES string of the molecule is C[C@@H](Nc1nc(-c2noc(=O)[nH]2)nc2nc(-n3ccnc3)n(C[C@H]3CC[C@H](C)CC3)c12)C1CCC1. The van der Waals surface area contributed by atoms with Gasteiger partial charge in [-0.3, -0.25) is 14.1 Å². The van der Waals surface area contributed by atoms with E-state index in [4.69, 9.17) is 19.5 Å². The number of hydrogen-bond acceptors (Lipinski definition) is 8. The van der Waals surface area contributed by atoms with Crippen LogP contribution in [0.15, 0.2) is 28.0 Å². The Balaban J connectivity index is 1.49. The van der Waals surface area contributed by atoms with Gasteiger partial charge < -0.3 is 9.88 Å². The van der Waals surface area contributed by atoms with E-state index in [1.807, 2.05) is 10.8 Å². The fourth-order valence-electron chi connectivity index (χ4n) is 5.35. The molecule has 0 bridgehead atoms. The van der Waals surface area contributed by atoms with Crippen LogP contribution in [0, 0.1) is 17.8 Å². The van der Waals surface area contributed by atoms with Crippen molar-refractivity contribution >= 4 is 17.0 Å². The molecule has 0 amide bonds. The third kappa shape index (κ3) is 4.23. The highest BCUT2D eigenvalue weighted by atomic mass is 16.5. The number of imidazole rings is 2. The minimum Gasteiger partial charge on any atom is -0.365 e. The molecular formula is C24H31N9O2. The number of anilines is 1. The minimum atomic E-state index is -0.641. The normalized spacial score (nSPS) is 21.8. The molecule has 0 spiro atoms. The highest BCUT2D eigenvalue weighted by Gasteiger charge is 2.28. The first-order valence-electron chi connectivity index (χ1n) is 12.6. The van der Waals surface area contributed by atoms with Gasteiger partial charge in [-0.15, -0.1) is 0 Å². The lowest BCUT2D eigenvalue weighted by Gasteiger charge is -2.32. The zero-order valence-electron chi connectivity index (χ0n) is 20.1. The minimum absolute atomic E-state index is 0.191. The van der Waals surface area contributed by atoms with Crippen LogP contribution in [-0.4, -0.2) is 45.3 Å². The first-order valence-corrected chi connectivity index (χ1v) is 12.6. The number of nitrogens with zero attached hydrogens (tertiary/aromatic N) is 7. The molecule has 35 heavy (non-hydrogen) atoms. The van der Waals surface area contributed by atoms with Gasteiger partial charge >= 0.3 is 5.76 Å². The number of aromatic nitrogens is 8. The summed E-state index contributed by atoms with van der Waals surface area (Å²) in [5.41, 5.74) is 1.42. The molecule has 4 heterocycles. The van der Waals surface area contributed by atoms with Crippen LogP contribution in [0.2, 0.25) is 0 Å². The molecule has 1 atom stereocenters. The topological polar surface area (TPSA) is 132 Å². The number of aromatic amines is 1. The second kappa shape index (κ2) is 8.94. The summed E-state index contributed by atoms with van der Waals surface area (Å²) in [4.78, 5) is 32.8. The van der Waals surface area contributed by atoms with E-state index in [1.54, 1.807) is 12.5 Å². The molecule has 184 valence electrons. The van der Waals surface area contributed by atoms with Gasteiger partial charge in [-0.05, 0) is 50.4 Å². The monoisotopic (exact) mass is 477 g/mol. The number of H-pyrrole nitrogens is 1. The zero-order chi connectivity index (χ0) is 23.9. The Morgan fingerprint density at radius 1 is 1.17 bits per heavy atom. The molecule has 11 heteroatoms. The summed E-state index contributed by atoms with van der Waals surface area (Å²) < 4.78 is 8.87. The van der Waals surface area contributed by atoms with Gasteiger partial charge in [0.15, 0.2) is 11.5 Å². The summed E-state index contributed by atoms with van der Waals surface area (Å²) >= 11 is 0. The van der Waals surface area contributed by atoms with Crippen LogP contribution in [0.4, 0.5) is 5.82 Å². The molecule has 2 aliphatic rings. The van der Waals surface area contributed by atoms with Crippen molar-refractivity contribution < 1.29 is 4.52 Å². The van der Waals surface area contributed by atoms with Crippen molar-refractivity contribution in [1.29, 1.82) is 0 Å². The molecule has 6 rings (SSSR count). The molecule has 4 aromatic rings. The average molecular weight is 478 g/mol. The lowest BCUT2D eigenvalue weighted by molar-refractivity contribution is 0.266.